The zero-order valence-corrected chi connectivity index (χ0v) is 21.5. The molecule has 1 aliphatic rings. The third kappa shape index (κ3) is 7.28. The van der Waals surface area contributed by atoms with Crippen LogP contribution in [0.25, 0.3) is 0 Å². The molecule has 1 fully saturated rings. The molecule has 9 nitrogen and oxygen atoms in total. The second-order valence-corrected chi connectivity index (χ2v) is 11.3. The number of hydrogen-bond acceptors (Lipinski definition) is 8. The summed E-state index contributed by atoms with van der Waals surface area (Å²) < 4.78 is 95.8. The van der Waals surface area contributed by atoms with E-state index in [4.69, 9.17) is 9.47 Å². The van der Waals surface area contributed by atoms with Crippen LogP contribution in [0.5, 0.6) is 0 Å². The predicted octanol–water partition coefficient (Wildman–Crippen LogP) is 4.37. The van der Waals surface area contributed by atoms with E-state index in [1.807, 2.05) is 0 Å². The summed E-state index contributed by atoms with van der Waals surface area (Å²) in [6.07, 6.45) is -5.53. The maximum atomic E-state index is 13.2. The van der Waals surface area contributed by atoms with Gasteiger partial charge in [-0.25, -0.2) is 9.79 Å². The average Bonchev–Trinajstić information content (AvgIpc) is 2.87. The van der Waals surface area contributed by atoms with Crippen LogP contribution in [-0.4, -0.2) is 86.9 Å². The Morgan fingerprint density at radius 3 is 2.08 bits per heavy atom. The number of methoxy groups -OCH3 is 2. The fourth-order valence-electron chi connectivity index (χ4n) is 4.31. The van der Waals surface area contributed by atoms with E-state index < -0.39 is 46.4 Å². The Hall–Kier alpha value is -1.62. The molecule has 1 saturated heterocycles. The Balaban J connectivity index is 2.10. The molecule has 0 spiro atoms. The Labute approximate surface area is 213 Å². The molecule has 1 aromatic rings. The number of carbonyl (C=O) groups excluding carboxylic acids is 1. The van der Waals surface area contributed by atoms with Crippen molar-refractivity contribution in [3.63, 3.8) is 0 Å². The molecule has 0 saturated carbocycles. The van der Waals surface area contributed by atoms with Gasteiger partial charge >= 0.3 is 12.1 Å². The fraction of sp³-hybridized carbons (Fsp3) is 0.727. The van der Waals surface area contributed by atoms with Gasteiger partial charge in [0.15, 0.2) is 4.75 Å². The quantitative estimate of drug-likeness (QED) is 0.158. The van der Waals surface area contributed by atoms with E-state index in [9.17, 15) is 41.1 Å². The lowest BCUT2D eigenvalue weighted by Crippen LogP contribution is -2.56. The van der Waals surface area contributed by atoms with E-state index in [1.54, 1.807) is 11.5 Å². The number of piperidine rings is 1. The molecule has 37 heavy (non-hydrogen) atoms. The monoisotopic (exact) mass is 563 g/mol. The summed E-state index contributed by atoms with van der Waals surface area (Å²) in [5, 5.41) is 9.35. The van der Waals surface area contributed by atoms with Crippen molar-refractivity contribution in [1.29, 1.82) is 0 Å². The van der Waals surface area contributed by atoms with E-state index in [0.717, 1.165) is 0 Å². The van der Waals surface area contributed by atoms with Gasteiger partial charge in [-0.05, 0) is 30.9 Å². The summed E-state index contributed by atoms with van der Waals surface area (Å²) in [7, 11) is -0.973. The molecule has 0 radical (unpaired) electrons. The van der Waals surface area contributed by atoms with Crippen LogP contribution in [0.15, 0.2) is 18.3 Å². The van der Waals surface area contributed by atoms with Gasteiger partial charge < -0.3 is 9.47 Å². The zero-order chi connectivity index (χ0) is 27.9. The van der Waals surface area contributed by atoms with E-state index >= 15 is 0 Å². The van der Waals surface area contributed by atoms with Crippen molar-refractivity contribution in [2.75, 3.05) is 40.5 Å². The number of nitrogens with zero attached hydrogens (tertiary/aromatic N) is 2. The van der Waals surface area contributed by atoms with Crippen molar-refractivity contribution >= 4 is 16.7 Å². The lowest BCUT2D eigenvalue weighted by molar-refractivity contribution is -0.284. The molecule has 1 aliphatic heterocycles. The van der Waals surface area contributed by atoms with Crippen LogP contribution in [0, 0.1) is 0 Å². The highest BCUT2D eigenvalue weighted by atomic mass is 32.3. The lowest BCUT2D eigenvalue weighted by Gasteiger charge is -2.55. The summed E-state index contributed by atoms with van der Waals surface area (Å²) in [4.78, 5) is 16.9. The summed E-state index contributed by atoms with van der Waals surface area (Å²) >= 11 is 0. The summed E-state index contributed by atoms with van der Waals surface area (Å²) in [6, 6.07) is 3.03. The van der Waals surface area contributed by atoms with E-state index in [-0.39, 0.29) is 50.6 Å². The number of halogens is 5. The van der Waals surface area contributed by atoms with Crippen molar-refractivity contribution in [2.45, 2.75) is 61.3 Å². The Morgan fingerprint density at radius 2 is 1.65 bits per heavy atom. The van der Waals surface area contributed by atoms with Gasteiger partial charge in [-0.1, -0.05) is 6.07 Å². The molecule has 214 valence electrons. The molecule has 2 heterocycles. The largest absolute Gasteiger partial charge is 0.453 e. The van der Waals surface area contributed by atoms with Crippen LogP contribution in [0.1, 0.15) is 49.3 Å². The van der Waals surface area contributed by atoms with Crippen LogP contribution >= 0.6 is 10.8 Å². The van der Waals surface area contributed by atoms with E-state index in [1.165, 1.54) is 30.8 Å². The van der Waals surface area contributed by atoms with Crippen molar-refractivity contribution in [2.24, 2.45) is 0 Å². The Kier molecular flexibility index (Phi) is 11.1. The molecular formula is C22H34F5N3O6S. The highest BCUT2D eigenvalue weighted by molar-refractivity contribution is 8.24. The minimum Gasteiger partial charge on any atom is -0.385 e. The number of aryl methyl sites for hydroxylation is 1. The number of amides is 1. The number of aromatic nitrogens is 1. The van der Waals surface area contributed by atoms with Crippen LogP contribution in [-0.2, 0) is 20.7 Å². The molecule has 15 heteroatoms. The van der Waals surface area contributed by atoms with Gasteiger partial charge in [-0.2, -0.15) is 22.0 Å². The zero-order valence-electron chi connectivity index (χ0n) is 20.6. The van der Waals surface area contributed by atoms with Crippen molar-refractivity contribution in [3.8, 4) is 0 Å². The smallest absolute Gasteiger partial charge is 0.385 e. The molecule has 4 N–H and O–H groups in total. The molecular weight excluding hydrogens is 529 g/mol. The van der Waals surface area contributed by atoms with Crippen LogP contribution in [0.4, 0.5) is 22.0 Å². The standard InChI is InChI=1S/C22H34F5N3O6S/c1-35-13-9-20(10-14-36-2,19(31)29-32)37(33,34)30-11-6-17(7-12-30)18-4-3-16(15-28-18)5-8-21(23,24)22(25,26)27/h3-4,15,17,32-34H,5-14H2,1-2H3,(H,29,31). The Morgan fingerprint density at radius 1 is 1.08 bits per heavy atom. The van der Waals surface area contributed by atoms with Crippen LogP contribution in [0.2, 0.25) is 0 Å². The van der Waals surface area contributed by atoms with Crippen molar-refractivity contribution in [1.82, 2.24) is 14.8 Å². The SMILES string of the molecule is COCCC(CCOC)(C(=O)NO)S(O)(O)N1CCC(c2ccc(CCC(F)(F)C(F)(F)F)cn2)CC1. The second-order valence-electron chi connectivity index (χ2n) is 8.94. The van der Waals surface area contributed by atoms with Gasteiger partial charge in [-0.15, -0.1) is 10.8 Å². The first-order valence-electron chi connectivity index (χ1n) is 11.6. The summed E-state index contributed by atoms with van der Waals surface area (Å²) in [5.74, 6) is -5.87. The second kappa shape index (κ2) is 13.0. The molecule has 1 aromatic heterocycles. The topological polar surface area (TPSA) is 124 Å². The highest BCUT2D eigenvalue weighted by Crippen LogP contribution is 2.60. The maximum absolute atomic E-state index is 13.2. The number of pyridine rings is 1. The summed E-state index contributed by atoms with van der Waals surface area (Å²) in [5.41, 5.74) is 2.38. The third-order valence-electron chi connectivity index (χ3n) is 6.68. The van der Waals surface area contributed by atoms with Crippen LogP contribution in [0.3, 0.4) is 0 Å². The number of hydroxylamine groups is 1. The molecule has 0 unspecified atom stereocenters. The van der Waals surface area contributed by atoms with Gasteiger partial charge in [0.1, 0.15) is 0 Å². The number of ether oxygens (including phenoxy) is 2. The molecule has 1 amide bonds. The lowest BCUT2D eigenvalue weighted by atomic mass is 9.93. The number of hydrogen-bond donors (Lipinski definition) is 4. The highest BCUT2D eigenvalue weighted by Gasteiger charge is 2.56. The van der Waals surface area contributed by atoms with Gasteiger partial charge in [0.05, 0.1) is 0 Å². The average molecular weight is 564 g/mol. The molecule has 2 rings (SSSR count). The molecule has 0 aliphatic carbocycles. The first-order chi connectivity index (χ1) is 17.3. The minimum absolute atomic E-state index is 0.0225. The Bertz CT molecular complexity index is 859. The third-order valence-corrected chi connectivity index (χ3v) is 9.41. The predicted molar refractivity (Wildman–Crippen MR) is 126 cm³/mol. The summed E-state index contributed by atoms with van der Waals surface area (Å²) in [6.45, 7) is 0.395. The number of nitrogens with one attached hydrogen (secondary N) is 1. The van der Waals surface area contributed by atoms with Gasteiger partial charge in [-0.3, -0.25) is 24.1 Å². The normalized spacial score (nSPS) is 17.1. The maximum Gasteiger partial charge on any atom is 0.453 e. The van der Waals surface area contributed by atoms with Crippen molar-refractivity contribution in [3.05, 3.63) is 29.6 Å². The van der Waals surface area contributed by atoms with Gasteiger partial charge in [0.2, 0.25) is 0 Å². The van der Waals surface area contributed by atoms with Gasteiger partial charge in [0.25, 0.3) is 5.91 Å². The van der Waals surface area contributed by atoms with Crippen LogP contribution < -0.4 is 5.48 Å². The first kappa shape index (κ1) is 31.6. The minimum atomic E-state index is -5.60. The van der Waals surface area contributed by atoms with Crippen molar-refractivity contribution < 1.29 is 50.5 Å². The van der Waals surface area contributed by atoms with E-state index in [0.29, 0.717) is 18.5 Å². The number of rotatable bonds is 13. The molecule has 0 atom stereocenters. The molecule has 0 aromatic carbocycles. The van der Waals surface area contributed by atoms with E-state index in [2.05, 4.69) is 4.98 Å². The fourth-order valence-corrected chi connectivity index (χ4v) is 6.53. The van der Waals surface area contributed by atoms with Gasteiger partial charge in [0, 0.05) is 77.6 Å². The molecule has 0 bridgehead atoms. The number of alkyl halides is 5. The first-order valence-corrected chi connectivity index (χ1v) is 13.1. The number of carbonyl (C=O) groups is 1.